The molecular weight excluding hydrogens is 275 g/mol. The van der Waals surface area contributed by atoms with Gasteiger partial charge in [-0.1, -0.05) is 29.8 Å². The van der Waals surface area contributed by atoms with Crippen LogP contribution in [0.5, 0.6) is 0 Å². The van der Waals surface area contributed by atoms with Gasteiger partial charge in [0.05, 0.1) is 17.7 Å². The summed E-state index contributed by atoms with van der Waals surface area (Å²) in [7, 11) is -0.351. The molecule has 116 valence electrons. The maximum absolute atomic E-state index is 6.06. The molecule has 4 nitrogen and oxygen atoms in total. The Bertz CT molecular complexity index is 663. The van der Waals surface area contributed by atoms with Crippen LogP contribution in [0.1, 0.15) is 38.8 Å². The zero-order valence-electron chi connectivity index (χ0n) is 14.0. The van der Waals surface area contributed by atoms with Crippen LogP contribution < -0.4 is 5.46 Å². The van der Waals surface area contributed by atoms with Crippen molar-refractivity contribution < 1.29 is 9.31 Å². The standard InChI is InChI=1S/C17H23BN2O2/c1-13-7-6-8-14(9-13)11-20-12-15(10-19-20)18-21-16(2,3)17(4,5)22-18/h6-10,12H,11H2,1-5H3. The Morgan fingerprint density at radius 2 is 1.82 bits per heavy atom. The minimum atomic E-state index is -0.351. The number of nitrogens with zero attached hydrogens (tertiary/aromatic N) is 2. The lowest BCUT2D eigenvalue weighted by Crippen LogP contribution is -2.41. The van der Waals surface area contributed by atoms with Crippen molar-refractivity contribution in [2.45, 2.75) is 52.4 Å². The van der Waals surface area contributed by atoms with Gasteiger partial charge in [-0.15, -0.1) is 0 Å². The topological polar surface area (TPSA) is 36.3 Å². The van der Waals surface area contributed by atoms with Gasteiger partial charge in [-0.3, -0.25) is 4.68 Å². The second-order valence-corrected chi connectivity index (χ2v) is 7.05. The third-order valence-electron chi connectivity index (χ3n) is 4.61. The molecule has 3 rings (SSSR count). The second kappa shape index (κ2) is 5.25. The van der Waals surface area contributed by atoms with Crippen LogP contribution in [-0.2, 0) is 15.9 Å². The molecule has 0 N–H and O–H groups in total. The highest BCUT2D eigenvalue weighted by molar-refractivity contribution is 6.61. The summed E-state index contributed by atoms with van der Waals surface area (Å²) in [6.07, 6.45) is 3.84. The van der Waals surface area contributed by atoms with E-state index in [2.05, 4.69) is 64.0 Å². The minimum Gasteiger partial charge on any atom is -0.399 e. The molecule has 1 saturated heterocycles. The van der Waals surface area contributed by atoms with Crippen LogP contribution in [0.3, 0.4) is 0 Å². The van der Waals surface area contributed by atoms with Crippen LogP contribution in [0.2, 0.25) is 0 Å². The van der Waals surface area contributed by atoms with Crippen molar-refractivity contribution in [3.63, 3.8) is 0 Å². The molecule has 0 amide bonds. The molecule has 2 heterocycles. The number of hydrogen-bond acceptors (Lipinski definition) is 3. The van der Waals surface area contributed by atoms with Gasteiger partial charge in [-0.25, -0.2) is 0 Å². The van der Waals surface area contributed by atoms with E-state index >= 15 is 0 Å². The Labute approximate surface area is 132 Å². The van der Waals surface area contributed by atoms with Gasteiger partial charge in [0.2, 0.25) is 0 Å². The first-order chi connectivity index (χ1) is 10.3. The lowest BCUT2D eigenvalue weighted by Gasteiger charge is -2.32. The fraction of sp³-hybridized carbons (Fsp3) is 0.471. The van der Waals surface area contributed by atoms with Gasteiger partial charge >= 0.3 is 7.12 Å². The average Bonchev–Trinajstić information content (AvgIpc) is 2.93. The summed E-state index contributed by atoms with van der Waals surface area (Å²) < 4.78 is 14.0. The van der Waals surface area contributed by atoms with Crippen molar-refractivity contribution in [3.8, 4) is 0 Å². The third-order valence-corrected chi connectivity index (χ3v) is 4.61. The summed E-state index contributed by atoms with van der Waals surface area (Å²) in [5.74, 6) is 0. The van der Waals surface area contributed by atoms with Gasteiger partial charge in [0.15, 0.2) is 0 Å². The number of aryl methyl sites for hydroxylation is 1. The summed E-state index contributed by atoms with van der Waals surface area (Å²) >= 11 is 0. The predicted molar refractivity (Wildman–Crippen MR) is 88.2 cm³/mol. The normalized spacial score (nSPS) is 19.6. The van der Waals surface area contributed by atoms with E-state index in [-0.39, 0.29) is 18.3 Å². The summed E-state index contributed by atoms with van der Waals surface area (Å²) in [6, 6.07) is 8.46. The SMILES string of the molecule is Cc1cccc(Cn2cc(B3OC(C)(C)C(C)(C)O3)cn2)c1. The van der Waals surface area contributed by atoms with Crippen molar-refractivity contribution >= 4 is 12.6 Å². The molecule has 0 unspecified atom stereocenters. The van der Waals surface area contributed by atoms with E-state index < -0.39 is 0 Å². The third kappa shape index (κ3) is 2.83. The van der Waals surface area contributed by atoms with Crippen LogP contribution >= 0.6 is 0 Å². The van der Waals surface area contributed by atoms with E-state index in [1.807, 2.05) is 17.1 Å². The Hall–Kier alpha value is -1.59. The Morgan fingerprint density at radius 3 is 2.45 bits per heavy atom. The van der Waals surface area contributed by atoms with Crippen molar-refractivity contribution in [1.82, 2.24) is 9.78 Å². The van der Waals surface area contributed by atoms with Crippen LogP contribution in [0.4, 0.5) is 0 Å². The predicted octanol–water partition coefficient (Wildman–Crippen LogP) is 2.54. The number of hydrogen-bond donors (Lipinski definition) is 0. The van der Waals surface area contributed by atoms with Gasteiger partial charge in [-0.2, -0.15) is 5.10 Å². The van der Waals surface area contributed by atoms with Crippen LogP contribution in [0, 0.1) is 6.92 Å². The zero-order valence-corrected chi connectivity index (χ0v) is 14.0. The van der Waals surface area contributed by atoms with E-state index in [1.165, 1.54) is 11.1 Å². The molecule has 0 saturated carbocycles. The fourth-order valence-corrected chi connectivity index (χ4v) is 2.56. The highest BCUT2D eigenvalue weighted by Crippen LogP contribution is 2.36. The Kier molecular flexibility index (Phi) is 3.65. The molecule has 1 aromatic carbocycles. The molecule has 1 aliphatic heterocycles. The summed E-state index contributed by atoms with van der Waals surface area (Å²) in [5.41, 5.74) is 2.82. The highest BCUT2D eigenvalue weighted by atomic mass is 16.7. The lowest BCUT2D eigenvalue weighted by atomic mass is 9.82. The first-order valence-corrected chi connectivity index (χ1v) is 7.70. The fourth-order valence-electron chi connectivity index (χ4n) is 2.56. The first kappa shape index (κ1) is 15.3. The molecule has 2 aromatic rings. The zero-order chi connectivity index (χ0) is 16.0. The summed E-state index contributed by atoms with van der Waals surface area (Å²) in [6.45, 7) is 11.1. The van der Waals surface area contributed by atoms with Gasteiger partial charge in [-0.05, 0) is 40.2 Å². The van der Waals surface area contributed by atoms with Crippen LogP contribution in [0.15, 0.2) is 36.7 Å². The molecule has 1 aliphatic rings. The van der Waals surface area contributed by atoms with Gasteiger partial charge in [0.1, 0.15) is 0 Å². The van der Waals surface area contributed by atoms with E-state index in [1.54, 1.807) is 0 Å². The molecule has 0 aliphatic carbocycles. The van der Waals surface area contributed by atoms with E-state index in [0.717, 1.165) is 12.0 Å². The lowest BCUT2D eigenvalue weighted by molar-refractivity contribution is 0.00578. The second-order valence-electron chi connectivity index (χ2n) is 7.05. The highest BCUT2D eigenvalue weighted by Gasteiger charge is 2.52. The molecule has 0 atom stereocenters. The van der Waals surface area contributed by atoms with Crippen LogP contribution in [0.25, 0.3) is 0 Å². The largest absolute Gasteiger partial charge is 0.498 e. The quantitative estimate of drug-likeness (QED) is 0.817. The van der Waals surface area contributed by atoms with E-state index in [4.69, 9.17) is 9.31 Å². The van der Waals surface area contributed by atoms with Gasteiger partial charge in [0.25, 0.3) is 0 Å². The van der Waals surface area contributed by atoms with Crippen LogP contribution in [-0.4, -0.2) is 28.1 Å². The molecule has 1 aromatic heterocycles. The maximum atomic E-state index is 6.06. The van der Waals surface area contributed by atoms with Gasteiger partial charge < -0.3 is 9.31 Å². The van der Waals surface area contributed by atoms with Crippen molar-refractivity contribution in [1.29, 1.82) is 0 Å². The molecule has 0 radical (unpaired) electrons. The molecule has 5 heteroatoms. The van der Waals surface area contributed by atoms with E-state index in [9.17, 15) is 0 Å². The maximum Gasteiger partial charge on any atom is 0.498 e. The number of aromatic nitrogens is 2. The monoisotopic (exact) mass is 298 g/mol. The molecule has 0 spiro atoms. The summed E-state index contributed by atoms with van der Waals surface area (Å²) in [4.78, 5) is 0. The Morgan fingerprint density at radius 1 is 1.14 bits per heavy atom. The van der Waals surface area contributed by atoms with Crippen molar-refractivity contribution in [3.05, 3.63) is 47.8 Å². The smallest absolute Gasteiger partial charge is 0.399 e. The average molecular weight is 298 g/mol. The summed E-state index contributed by atoms with van der Waals surface area (Å²) in [5, 5.41) is 4.44. The first-order valence-electron chi connectivity index (χ1n) is 7.70. The Balaban J connectivity index is 1.75. The molecular formula is C17H23BN2O2. The van der Waals surface area contributed by atoms with E-state index in [0.29, 0.717) is 0 Å². The number of rotatable bonds is 3. The van der Waals surface area contributed by atoms with Crippen molar-refractivity contribution in [2.24, 2.45) is 0 Å². The molecule has 1 fully saturated rings. The minimum absolute atomic E-state index is 0.323. The van der Waals surface area contributed by atoms with Crippen molar-refractivity contribution in [2.75, 3.05) is 0 Å². The molecule has 0 bridgehead atoms. The molecule has 22 heavy (non-hydrogen) atoms. The number of benzene rings is 1. The van der Waals surface area contributed by atoms with Gasteiger partial charge in [0, 0.05) is 17.9 Å².